The Balaban J connectivity index is 1.91. The fourth-order valence-corrected chi connectivity index (χ4v) is 3.93. The summed E-state index contributed by atoms with van der Waals surface area (Å²) in [5.74, 6) is -0.437. The second-order valence-electron chi connectivity index (χ2n) is 4.95. The summed E-state index contributed by atoms with van der Waals surface area (Å²) in [6.45, 7) is 3.69. The van der Waals surface area contributed by atoms with Crippen LogP contribution in [-0.4, -0.2) is 17.6 Å². The van der Waals surface area contributed by atoms with E-state index < -0.39 is 5.91 Å². The summed E-state index contributed by atoms with van der Waals surface area (Å²) in [6.07, 6.45) is 0.288. The second kappa shape index (κ2) is 7.61. The van der Waals surface area contributed by atoms with Crippen molar-refractivity contribution in [1.29, 1.82) is 0 Å². The molecule has 2 amide bonds. The van der Waals surface area contributed by atoms with Crippen molar-refractivity contribution in [3.8, 4) is 0 Å². The van der Waals surface area contributed by atoms with E-state index in [0.29, 0.717) is 16.3 Å². The monoisotopic (exact) mass is 352 g/mol. The third kappa shape index (κ3) is 4.56. The zero-order valence-corrected chi connectivity index (χ0v) is 14.4. The SMILES string of the molecule is Cc1sc(NC(=O)CCSc2ccc(F)cc2)c(C(N)=O)c1C. The number of primary amides is 1. The third-order valence-electron chi connectivity index (χ3n) is 3.30. The lowest BCUT2D eigenvalue weighted by molar-refractivity contribution is -0.115. The average molecular weight is 352 g/mol. The fourth-order valence-electron chi connectivity index (χ4n) is 1.99. The van der Waals surface area contributed by atoms with Crippen LogP contribution in [0.2, 0.25) is 0 Å². The van der Waals surface area contributed by atoms with Crippen LogP contribution in [0.3, 0.4) is 0 Å². The van der Waals surface area contributed by atoms with E-state index in [9.17, 15) is 14.0 Å². The van der Waals surface area contributed by atoms with E-state index in [1.807, 2.05) is 13.8 Å². The molecule has 0 atom stereocenters. The molecule has 4 nitrogen and oxygen atoms in total. The van der Waals surface area contributed by atoms with Crippen LogP contribution < -0.4 is 11.1 Å². The Labute approximate surface area is 142 Å². The molecule has 0 saturated carbocycles. The van der Waals surface area contributed by atoms with Gasteiger partial charge in [-0.1, -0.05) is 0 Å². The molecule has 0 radical (unpaired) electrons. The minimum absolute atomic E-state index is 0.177. The van der Waals surface area contributed by atoms with Crippen molar-refractivity contribution in [1.82, 2.24) is 0 Å². The Kier molecular flexibility index (Phi) is 5.79. The highest BCUT2D eigenvalue weighted by atomic mass is 32.2. The zero-order chi connectivity index (χ0) is 17.0. The number of carbonyl (C=O) groups excluding carboxylic acids is 2. The molecule has 1 aromatic carbocycles. The van der Waals surface area contributed by atoms with Gasteiger partial charge in [-0.2, -0.15) is 0 Å². The van der Waals surface area contributed by atoms with Crippen LogP contribution in [0.25, 0.3) is 0 Å². The van der Waals surface area contributed by atoms with E-state index in [4.69, 9.17) is 5.73 Å². The quantitative estimate of drug-likeness (QED) is 0.778. The number of amides is 2. The number of hydrogen-bond acceptors (Lipinski definition) is 4. The highest BCUT2D eigenvalue weighted by Crippen LogP contribution is 2.32. The Bertz CT molecular complexity index is 726. The van der Waals surface area contributed by atoms with Gasteiger partial charge in [-0.05, 0) is 43.7 Å². The number of rotatable bonds is 6. The van der Waals surface area contributed by atoms with Crippen LogP contribution >= 0.6 is 23.1 Å². The highest BCUT2D eigenvalue weighted by Gasteiger charge is 2.18. The predicted octanol–water partition coefficient (Wildman–Crippen LogP) is 3.72. The van der Waals surface area contributed by atoms with Crippen LogP contribution in [0.1, 0.15) is 27.2 Å². The maximum atomic E-state index is 12.8. The van der Waals surface area contributed by atoms with Crippen molar-refractivity contribution in [2.24, 2.45) is 5.73 Å². The average Bonchev–Trinajstić information content (AvgIpc) is 2.75. The first-order chi connectivity index (χ1) is 10.9. The topological polar surface area (TPSA) is 72.2 Å². The van der Waals surface area contributed by atoms with Gasteiger partial charge in [0.05, 0.1) is 5.56 Å². The summed E-state index contributed by atoms with van der Waals surface area (Å²) in [5, 5.41) is 3.26. The Hall–Kier alpha value is -1.86. The molecule has 0 aliphatic heterocycles. The minimum Gasteiger partial charge on any atom is -0.365 e. The van der Waals surface area contributed by atoms with E-state index in [1.165, 1.54) is 35.2 Å². The van der Waals surface area contributed by atoms with Crippen LogP contribution in [0, 0.1) is 19.7 Å². The first-order valence-corrected chi connectivity index (χ1v) is 8.76. The number of thioether (sulfide) groups is 1. The van der Waals surface area contributed by atoms with Crippen molar-refractivity contribution in [2.75, 3.05) is 11.1 Å². The fraction of sp³-hybridized carbons (Fsp3) is 0.250. The first kappa shape index (κ1) is 17.5. The first-order valence-electron chi connectivity index (χ1n) is 6.96. The van der Waals surface area contributed by atoms with Crippen molar-refractivity contribution < 1.29 is 14.0 Å². The number of halogens is 1. The van der Waals surface area contributed by atoms with Crippen molar-refractivity contribution in [3.63, 3.8) is 0 Å². The molecule has 122 valence electrons. The van der Waals surface area contributed by atoms with Crippen molar-refractivity contribution in [3.05, 3.63) is 46.1 Å². The van der Waals surface area contributed by atoms with Gasteiger partial charge in [0.15, 0.2) is 0 Å². The van der Waals surface area contributed by atoms with Crippen LogP contribution in [-0.2, 0) is 4.79 Å². The van der Waals surface area contributed by atoms with Gasteiger partial charge < -0.3 is 11.1 Å². The molecular weight excluding hydrogens is 335 g/mol. The minimum atomic E-state index is -0.539. The molecule has 0 saturated heterocycles. The van der Waals surface area contributed by atoms with Gasteiger partial charge in [0.1, 0.15) is 10.8 Å². The maximum Gasteiger partial charge on any atom is 0.251 e. The molecule has 0 aliphatic rings. The van der Waals surface area contributed by atoms with Gasteiger partial charge in [-0.3, -0.25) is 9.59 Å². The number of nitrogens with one attached hydrogen (secondary N) is 1. The van der Waals surface area contributed by atoms with Gasteiger partial charge in [-0.15, -0.1) is 23.1 Å². The molecule has 0 fully saturated rings. The van der Waals surface area contributed by atoms with Gasteiger partial charge >= 0.3 is 0 Å². The molecule has 3 N–H and O–H groups in total. The lowest BCUT2D eigenvalue weighted by Crippen LogP contribution is -2.17. The van der Waals surface area contributed by atoms with E-state index in [0.717, 1.165) is 15.3 Å². The summed E-state index contributed by atoms with van der Waals surface area (Å²) < 4.78 is 12.8. The molecular formula is C16H17FN2O2S2. The van der Waals surface area contributed by atoms with Crippen molar-refractivity contribution >= 4 is 39.9 Å². The van der Waals surface area contributed by atoms with Crippen LogP contribution in [0.5, 0.6) is 0 Å². The summed E-state index contributed by atoms with van der Waals surface area (Å²) in [4.78, 5) is 25.4. The number of benzene rings is 1. The summed E-state index contributed by atoms with van der Waals surface area (Å²) in [7, 11) is 0. The van der Waals surface area contributed by atoms with E-state index in [-0.39, 0.29) is 18.1 Å². The number of nitrogens with two attached hydrogens (primary N) is 1. The lowest BCUT2D eigenvalue weighted by atomic mass is 10.1. The molecule has 7 heteroatoms. The predicted molar refractivity (Wildman–Crippen MR) is 92.7 cm³/mol. The van der Waals surface area contributed by atoms with Crippen LogP contribution in [0.4, 0.5) is 9.39 Å². The van der Waals surface area contributed by atoms with E-state index >= 15 is 0 Å². The van der Waals surface area contributed by atoms with E-state index in [2.05, 4.69) is 5.32 Å². The molecule has 0 aliphatic carbocycles. The largest absolute Gasteiger partial charge is 0.365 e. The summed E-state index contributed by atoms with van der Waals surface area (Å²) in [6, 6.07) is 6.13. The Morgan fingerprint density at radius 2 is 1.91 bits per heavy atom. The molecule has 2 rings (SSSR count). The van der Waals surface area contributed by atoms with Gasteiger partial charge in [0.2, 0.25) is 5.91 Å². The Morgan fingerprint density at radius 1 is 1.26 bits per heavy atom. The number of hydrogen-bond donors (Lipinski definition) is 2. The van der Waals surface area contributed by atoms with Gasteiger partial charge in [0.25, 0.3) is 5.91 Å². The molecule has 0 bridgehead atoms. The van der Waals surface area contributed by atoms with Gasteiger partial charge in [-0.25, -0.2) is 4.39 Å². The highest BCUT2D eigenvalue weighted by molar-refractivity contribution is 7.99. The smallest absolute Gasteiger partial charge is 0.251 e. The number of thiophene rings is 1. The molecule has 0 unspecified atom stereocenters. The number of anilines is 1. The normalized spacial score (nSPS) is 10.6. The molecule has 2 aromatic rings. The molecule has 1 heterocycles. The lowest BCUT2D eigenvalue weighted by Gasteiger charge is -2.05. The Morgan fingerprint density at radius 3 is 2.52 bits per heavy atom. The van der Waals surface area contributed by atoms with Crippen LogP contribution in [0.15, 0.2) is 29.2 Å². The molecule has 0 spiro atoms. The third-order valence-corrected chi connectivity index (χ3v) is 5.43. The summed E-state index contributed by atoms with van der Waals surface area (Å²) >= 11 is 2.82. The number of aryl methyl sites for hydroxylation is 1. The molecule has 1 aromatic heterocycles. The number of carbonyl (C=O) groups is 2. The standard InChI is InChI=1S/C16H17FN2O2S2/c1-9-10(2)23-16(14(9)15(18)21)19-13(20)7-8-22-12-5-3-11(17)4-6-12/h3-6H,7-8H2,1-2H3,(H2,18,21)(H,19,20). The maximum absolute atomic E-state index is 12.8. The summed E-state index contributed by atoms with van der Waals surface area (Å²) in [5.41, 5.74) is 6.56. The van der Waals surface area contributed by atoms with E-state index in [1.54, 1.807) is 12.1 Å². The van der Waals surface area contributed by atoms with Gasteiger partial charge in [0, 0.05) is 21.9 Å². The molecule has 23 heavy (non-hydrogen) atoms. The van der Waals surface area contributed by atoms with Crippen molar-refractivity contribution in [2.45, 2.75) is 25.2 Å². The zero-order valence-electron chi connectivity index (χ0n) is 12.8. The second-order valence-corrected chi connectivity index (χ2v) is 7.35.